The molecule has 1 atom stereocenters. The second kappa shape index (κ2) is 3.04. The number of nitrogens with zero attached hydrogens (tertiary/aromatic N) is 1. The van der Waals surface area contributed by atoms with E-state index in [1.54, 1.807) is 0 Å². The summed E-state index contributed by atoms with van der Waals surface area (Å²) in [5.74, 6) is 0. The first-order valence-corrected chi connectivity index (χ1v) is 4.73. The van der Waals surface area contributed by atoms with Gasteiger partial charge in [0.1, 0.15) is 0 Å². The van der Waals surface area contributed by atoms with Crippen LogP contribution in [0.25, 0.3) is 0 Å². The molecule has 0 aliphatic carbocycles. The van der Waals surface area contributed by atoms with Crippen LogP contribution in [-0.4, -0.2) is 19.6 Å². The van der Waals surface area contributed by atoms with Crippen LogP contribution in [0.5, 0.6) is 0 Å². The molecule has 1 aromatic carbocycles. The van der Waals surface area contributed by atoms with Crippen LogP contribution in [0.4, 0.5) is 5.69 Å². The SMILES string of the molecule is Cc1ccc2c(c1)CC(N)CN2C. The largest absolute Gasteiger partial charge is 0.373 e. The van der Waals surface area contributed by atoms with Crippen molar-refractivity contribution in [2.45, 2.75) is 19.4 Å². The minimum atomic E-state index is 0.291. The van der Waals surface area contributed by atoms with Crippen molar-refractivity contribution in [3.05, 3.63) is 29.3 Å². The Morgan fingerprint density at radius 2 is 2.23 bits per heavy atom. The average Bonchev–Trinajstić information content (AvgIpc) is 2.02. The molecule has 0 fully saturated rings. The van der Waals surface area contributed by atoms with Crippen molar-refractivity contribution in [2.24, 2.45) is 5.73 Å². The molecule has 0 radical (unpaired) electrons. The smallest absolute Gasteiger partial charge is 0.0397 e. The molecule has 2 nitrogen and oxygen atoms in total. The van der Waals surface area contributed by atoms with Gasteiger partial charge in [-0.15, -0.1) is 0 Å². The lowest BCUT2D eigenvalue weighted by Gasteiger charge is -2.31. The summed E-state index contributed by atoms with van der Waals surface area (Å²) in [6.07, 6.45) is 1.02. The van der Waals surface area contributed by atoms with Gasteiger partial charge in [-0.1, -0.05) is 17.7 Å². The zero-order valence-electron chi connectivity index (χ0n) is 8.25. The Morgan fingerprint density at radius 1 is 1.46 bits per heavy atom. The van der Waals surface area contributed by atoms with Crippen LogP contribution < -0.4 is 10.6 Å². The van der Waals surface area contributed by atoms with Gasteiger partial charge in [0.2, 0.25) is 0 Å². The molecule has 1 aromatic rings. The maximum absolute atomic E-state index is 5.95. The zero-order valence-corrected chi connectivity index (χ0v) is 8.25. The molecule has 2 rings (SSSR count). The number of benzene rings is 1. The molecule has 1 aliphatic heterocycles. The predicted molar refractivity (Wildman–Crippen MR) is 56.1 cm³/mol. The number of hydrogen-bond donors (Lipinski definition) is 1. The third-order valence-corrected chi connectivity index (χ3v) is 2.64. The number of anilines is 1. The Bertz CT molecular complexity index is 320. The van der Waals surface area contributed by atoms with E-state index in [1.165, 1.54) is 16.8 Å². The van der Waals surface area contributed by atoms with Gasteiger partial charge in [0.25, 0.3) is 0 Å². The highest BCUT2D eigenvalue weighted by Gasteiger charge is 2.18. The minimum Gasteiger partial charge on any atom is -0.373 e. The lowest BCUT2D eigenvalue weighted by atomic mass is 9.97. The summed E-state index contributed by atoms with van der Waals surface area (Å²) < 4.78 is 0. The highest BCUT2D eigenvalue weighted by atomic mass is 15.1. The van der Waals surface area contributed by atoms with Crippen LogP contribution >= 0.6 is 0 Å². The maximum Gasteiger partial charge on any atom is 0.0397 e. The summed E-state index contributed by atoms with van der Waals surface area (Å²) >= 11 is 0. The van der Waals surface area contributed by atoms with E-state index in [2.05, 4.69) is 37.1 Å². The fourth-order valence-electron chi connectivity index (χ4n) is 2.05. The first kappa shape index (κ1) is 8.57. The fraction of sp³-hybridized carbons (Fsp3) is 0.455. The lowest BCUT2D eigenvalue weighted by Crippen LogP contribution is -2.41. The molecular weight excluding hydrogens is 160 g/mol. The third-order valence-electron chi connectivity index (χ3n) is 2.64. The van der Waals surface area contributed by atoms with Crippen LogP contribution in [0.1, 0.15) is 11.1 Å². The average molecular weight is 176 g/mol. The molecule has 2 N–H and O–H groups in total. The molecule has 13 heavy (non-hydrogen) atoms. The zero-order chi connectivity index (χ0) is 9.42. The van der Waals surface area contributed by atoms with E-state index < -0.39 is 0 Å². The van der Waals surface area contributed by atoms with Gasteiger partial charge in [-0.3, -0.25) is 0 Å². The van der Waals surface area contributed by atoms with Gasteiger partial charge < -0.3 is 10.6 Å². The highest BCUT2D eigenvalue weighted by Crippen LogP contribution is 2.25. The number of likely N-dealkylation sites (N-methyl/N-ethyl adjacent to an activating group) is 1. The van der Waals surface area contributed by atoms with Crippen molar-refractivity contribution < 1.29 is 0 Å². The van der Waals surface area contributed by atoms with E-state index >= 15 is 0 Å². The monoisotopic (exact) mass is 176 g/mol. The van der Waals surface area contributed by atoms with Crippen LogP contribution in [0.15, 0.2) is 18.2 Å². The minimum absolute atomic E-state index is 0.291. The van der Waals surface area contributed by atoms with Crippen molar-refractivity contribution in [3.8, 4) is 0 Å². The summed E-state index contributed by atoms with van der Waals surface area (Å²) in [7, 11) is 2.10. The van der Waals surface area contributed by atoms with Crippen molar-refractivity contribution in [2.75, 3.05) is 18.5 Å². The molecule has 0 aromatic heterocycles. The summed E-state index contributed by atoms with van der Waals surface area (Å²) in [5, 5.41) is 0. The van der Waals surface area contributed by atoms with Crippen molar-refractivity contribution in [3.63, 3.8) is 0 Å². The third kappa shape index (κ3) is 1.54. The number of hydrogen-bond acceptors (Lipinski definition) is 2. The van der Waals surface area contributed by atoms with Gasteiger partial charge in [-0.2, -0.15) is 0 Å². The van der Waals surface area contributed by atoms with Crippen molar-refractivity contribution in [1.82, 2.24) is 0 Å². The van der Waals surface area contributed by atoms with Crippen LogP contribution in [-0.2, 0) is 6.42 Å². The summed E-state index contributed by atoms with van der Waals surface area (Å²) in [6.45, 7) is 3.09. The molecule has 70 valence electrons. The highest BCUT2D eigenvalue weighted by molar-refractivity contribution is 5.56. The second-order valence-electron chi connectivity index (χ2n) is 3.98. The molecule has 1 aliphatic rings. The van der Waals surface area contributed by atoms with Gasteiger partial charge in [0.15, 0.2) is 0 Å². The molecule has 0 amide bonds. The Kier molecular flexibility index (Phi) is 2.00. The maximum atomic E-state index is 5.95. The molecule has 0 spiro atoms. The van der Waals surface area contributed by atoms with E-state index in [-0.39, 0.29) is 0 Å². The quantitative estimate of drug-likeness (QED) is 0.646. The Labute approximate surface area is 79.4 Å². The normalized spacial score (nSPS) is 21.5. The molecule has 0 bridgehead atoms. The number of nitrogens with two attached hydrogens (primary N) is 1. The van der Waals surface area contributed by atoms with E-state index in [4.69, 9.17) is 5.73 Å². The number of aryl methyl sites for hydroxylation is 1. The van der Waals surface area contributed by atoms with Crippen LogP contribution in [0.3, 0.4) is 0 Å². The van der Waals surface area contributed by atoms with Gasteiger partial charge in [-0.25, -0.2) is 0 Å². The first-order valence-electron chi connectivity index (χ1n) is 4.73. The van der Waals surface area contributed by atoms with Gasteiger partial charge >= 0.3 is 0 Å². The standard InChI is InChI=1S/C11H16N2/c1-8-3-4-11-9(5-8)6-10(12)7-13(11)2/h3-5,10H,6-7,12H2,1-2H3. The molecule has 0 saturated heterocycles. The number of fused-ring (bicyclic) bond motifs is 1. The van der Waals surface area contributed by atoms with Crippen molar-refractivity contribution >= 4 is 5.69 Å². The van der Waals surface area contributed by atoms with E-state index in [1.807, 2.05) is 0 Å². The summed E-state index contributed by atoms with van der Waals surface area (Å²) in [5.41, 5.74) is 10.00. The fourth-order valence-corrected chi connectivity index (χ4v) is 2.05. The van der Waals surface area contributed by atoms with E-state index in [9.17, 15) is 0 Å². The Hall–Kier alpha value is -1.02. The Balaban J connectivity index is 2.43. The second-order valence-corrected chi connectivity index (χ2v) is 3.98. The number of rotatable bonds is 0. The summed E-state index contributed by atoms with van der Waals surface area (Å²) in [6, 6.07) is 6.88. The van der Waals surface area contributed by atoms with Gasteiger partial charge in [-0.05, 0) is 25.0 Å². The van der Waals surface area contributed by atoms with Crippen molar-refractivity contribution in [1.29, 1.82) is 0 Å². The van der Waals surface area contributed by atoms with Gasteiger partial charge in [0, 0.05) is 25.3 Å². The van der Waals surface area contributed by atoms with Crippen LogP contribution in [0.2, 0.25) is 0 Å². The van der Waals surface area contributed by atoms with Crippen LogP contribution in [0, 0.1) is 6.92 Å². The van der Waals surface area contributed by atoms with E-state index in [0.717, 1.165) is 13.0 Å². The molecule has 0 saturated carbocycles. The first-order chi connectivity index (χ1) is 6.16. The molecule has 2 heteroatoms. The molecule has 1 heterocycles. The topological polar surface area (TPSA) is 29.3 Å². The summed E-state index contributed by atoms with van der Waals surface area (Å²) in [4.78, 5) is 2.24. The lowest BCUT2D eigenvalue weighted by molar-refractivity contribution is 0.627. The predicted octanol–water partition coefficient (Wildman–Crippen LogP) is 1.31. The molecular formula is C11H16N2. The van der Waals surface area contributed by atoms with E-state index in [0.29, 0.717) is 6.04 Å². The molecule has 1 unspecified atom stereocenters. The Morgan fingerprint density at radius 3 is 3.00 bits per heavy atom. The van der Waals surface area contributed by atoms with Gasteiger partial charge in [0.05, 0.1) is 0 Å².